The lowest BCUT2D eigenvalue weighted by Crippen LogP contribution is -2.29. The molecule has 0 radical (unpaired) electrons. The normalized spacial score (nSPS) is 15.6. The Hall–Kier alpha value is -1.16. The van der Waals surface area contributed by atoms with Gasteiger partial charge in [-0.1, -0.05) is 26.8 Å². The average molecular weight is 195 g/mol. The van der Waals surface area contributed by atoms with Crippen molar-refractivity contribution in [2.24, 2.45) is 5.41 Å². The third-order valence-corrected chi connectivity index (χ3v) is 2.08. The van der Waals surface area contributed by atoms with Crippen LogP contribution in [0.4, 0.5) is 0 Å². The lowest BCUT2D eigenvalue weighted by Gasteiger charge is -2.27. The fraction of sp³-hybridized carbons (Fsp3) is 0.600. The smallest absolute Gasteiger partial charge is 0.138 e. The quantitative estimate of drug-likeness (QED) is 0.778. The second-order valence-corrected chi connectivity index (χ2v) is 4.32. The van der Waals surface area contributed by atoms with Crippen molar-refractivity contribution >= 4 is 5.70 Å². The summed E-state index contributed by atoms with van der Waals surface area (Å²) in [6.07, 6.45) is 4.35. The van der Waals surface area contributed by atoms with E-state index in [1.807, 2.05) is 33.8 Å². The minimum absolute atomic E-state index is 0.201. The number of nitrogens with zero attached hydrogens (tertiary/aromatic N) is 3. The Morgan fingerprint density at radius 1 is 1.50 bits per heavy atom. The first-order valence-corrected chi connectivity index (χ1v) is 4.66. The van der Waals surface area contributed by atoms with E-state index in [0.29, 0.717) is 0 Å². The molecule has 14 heavy (non-hydrogen) atoms. The second kappa shape index (κ2) is 3.92. The van der Waals surface area contributed by atoms with E-state index in [1.165, 1.54) is 6.33 Å². The third kappa shape index (κ3) is 2.20. The fourth-order valence-corrected chi connectivity index (χ4v) is 1.20. The molecule has 0 aliphatic carbocycles. The van der Waals surface area contributed by atoms with Crippen LogP contribution in [0.1, 0.15) is 27.7 Å². The zero-order chi connectivity index (χ0) is 10.8. The van der Waals surface area contributed by atoms with Crippen LogP contribution in [-0.4, -0.2) is 26.0 Å². The van der Waals surface area contributed by atoms with Gasteiger partial charge in [-0.25, -0.2) is 9.67 Å². The highest BCUT2D eigenvalue weighted by Crippen LogP contribution is 2.26. The van der Waals surface area contributed by atoms with E-state index in [-0.39, 0.29) is 5.41 Å². The molecular weight excluding hydrogens is 178 g/mol. The van der Waals surface area contributed by atoms with Crippen LogP contribution in [0.5, 0.6) is 0 Å². The summed E-state index contributed by atoms with van der Waals surface area (Å²) in [4.78, 5) is 3.86. The van der Waals surface area contributed by atoms with Crippen LogP contribution < -0.4 is 0 Å². The molecule has 1 rings (SSSR count). The van der Waals surface area contributed by atoms with Gasteiger partial charge in [0.2, 0.25) is 0 Å². The maximum absolute atomic E-state index is 10.1. The first-order valence-electron chi connectivity index (χ1n) is 4.66. The van der Waals surface area contributed by atoms with Crippen molar-refractivity contribution in [3.05, 3.63) is 18.7 Å². The number of hydrogen-bond acceptors (Lipinski definition) is 3. The predicted molar refractivity (Wildman–Crippen MR) is 55.4 cm³/mol. The van der Waals surface area contributed by atoms with Crippen LogP contribution in [0.3, 0.4) is 0 Å². The Balaban J connectivity index is 2.96. The molecule has 0 aliphatic rings. The molecule has 0 bridgehead atoms. The summed E-state index contributed by atoms with van der Waals surface area (Å²) in [6.45, 7) is 7.83. The van der Waals surface area contributed by atoms with Gasteiger partial charge < -0.3 is 5.11 Å². The molecule has 1 aromatic rings. The first-order chi connectivity index (χ1) is 6.46. The third-order valence-electron chi connectivity index (χ3n) is 2.08. The Kier molecular flexibility index (Phi) is 3.06. The van der Waals surface area contributed by atoms with Crippen LogP contribution in [0.25, 0.3) is 5.70 Å². The van der Waals surface area contributed by atoms with E-state index in [0.717, 1.165) is 5.70 Å². The highest BCUT2D eigenvalue weighted by molar-refractivity contribution is 5.48. The zero-order valence-electron chi connectivity index (χ0n) is 9.10. The Labute approximate surface area is 84.3 Å². The standard InChI is InChI=1S/C10H17N3O/c1-5-8(9(14)10(2,3)4)13-7-11-6-12-13/h5-7,9,14H,1-4H3. The Morgan fingerprint density at radius 2 is 2.14 bits per heavy atom. The Morgan fingerprint density at radius 3 is 2.50 bits per heavy atom. The van der Waals surface area contributed by atoms with E-state index in [9.17, 15) is 5.11 Å². The molecule has 0 saturated carbocycles. The van der Waals surface area contributed by atoms with Crippen molar-refractivity contribution < 1.29 is 5.11 Å². The summed E-state index contributed by atoms with van der Waals surface area (Å²) >= 11 is 0. The van der Waals surface area contributed by atoms with Gasteiger partial charge >= 0.3 is 0 Å². The lowest BCUT2D eigenvalue weighted by atomic mass is 9.87. The molecule has 0 fully saturated rings. The number of aliphatic hydroxyl groups is 1. The van der Waals surface area contributed by atoms with Gasteiger partial charge in [-0.2, -0.15) is 5.10 Å². The van der Waals surface area contributed by atoms with E-state index in [2.05, 4.69) is 10.1 Å². The van der Waals surface area contributed by atoms with E-state index >= 15 is 0 Å². The van der Waals surface area contributed by atoms with Crippen LogP contribution in [0.15, 0.2) is 18.7 Å². The topological polar surface area (TPSA) is 50.9 Å². The molecule has 0 spiro atoms. The van der Waals surface area contributed by atoms with Crippen molar-refractivity contribution in [1.29, 1.82) is 0 Å². The molecule has 0 saturated heterocycles. The fourth-order valence-electron chi connectivity index (χ4n) is 1.20. The molecular formula is C10H17N3O. The monoisotopic (exact) mass is 195 g/mol. The highest BCUT2D eigenvalue weighted by atomic mass is 16.3. The minimum atomic E-state index is -0.547. The Bertz CT molecular complexity index is 309. The number of allylic oxidation sites excluding steroid dienone is 1. The minimum Gasteiger partial charge on any atom is -0.386 e. The van der Waals surface area contributed by atoms with Crippen LogP contribution in [0, 0.1) is 5.41 Å². The average Bonchev–Trinajstić information content (AvgIpc) is 2.57. The van der Waals surface area contributed by atoms with E-state index < -0.39 is 6.10 Å². The summed E-state index contributed by atoms with van der Waals surface area (Å²) in [5, 5.41) is 14.1. The van der Waals surface area contributed by atoms with Gasteiger partial charge in [0.15, 0.2) is 0 Å². The maximum Gasteiger partial charge on any atom is 0.138 e. The molecule has 1 unspecified atom stereocenters. The molecule has 0 amide bonds. The number of aromatic nitrogens is 3. The number of aliphatic hydroxyl groups excluding tert-OH is 1. The van der Waals surface area contributed by atoms with Crippen LogP contribution >= 0.6 is 0 Å². The van der Waals surface area contributed by atoms with Gasteiger partial charge in [0.1, 0.15) is 18.8 Å². The van der Waals surface area contributed by atoms with Crippen molar-refractivity contribution in [1.82, 2.24) is 14.8 Å². The van der Waals surface area contributed by atoms with Gasteiger partial charge in [-0.05, 0) is 12.3 Å². The molecule has 1 aromatic heterocycles. The molecule has 1 N–H and O–H groups in total. The van der Waals surface area contributed by atoms with Gasteiger partial charge in [-0.3, -0.25) is 0 Å². The van der Waals surface area contributed by atoms with Crippen molar-refractivity contribution in [3.63, 3.8) is 0 Å². The summed E-state index contributed by atoms with van der Waals surface area (Å²) in [7, 11) is 0. The van der Waals surface area contributed by atoms with E-state index in [1.54, 1.807) is 11.0 Å². The summed E-state index contributed by atoms with van der Waals surface area (Å²) in [6, 6.07) is 0. The summed E-state index contributed by atoms with van der Waals surface area (Å²) < 4.78 is 1.59. The second-order valence-electron chi connectivity index (χ2n) is 4.32. The molecule has 1 atom stereocenters. The highest BCUT2D eigenvalue weighted by Gasteiger charge is 2.26. The van der Waals surface area contributed by atoms with Gasteiger partial charge in [0, 0.05) is 0 Å². The zero-order valence-corrected chi connectivity index (χ0v) is 9.10. The van der Waals surface area contributed by atoms with Crippen LogP contribution in [0.2, 0.25) is 0 Å². The molecule has 0 aliphatic heterocycles. The molecule has 0 aromatic carbocycles. The molecule has 4 nitrogen and oxygen atoms in total. The van der Waals surface area contributed by atoms with Gasteiger partial charge in [0.05, 0.1) is 5.70 Å². The lowest BCUT2D eigenvalue weighted by molar-refractivity contribution is 0.108. The van der Waals surface area contributed by atoms with Crippen molar-refractivity contribution in [2.45, 2.75) is 33.8 Å². The summed E-state index contributed by atoms with van der Waals surface area (Å²) in [5.74, 6) is 0. The number of rotatable bonds is 2. The maximum atomic E-state index is 10.1. The largest absolute Gasteiger partial charge is 0.386 e. The SMILES string of the molecule is CC=C(C(O)C(C)(C)C)n1cncn1. The predicted octanol–water partition coefficient (Wildman–Crippen LogP) is 1.55. The first kappa shape index (κ1) is 10.9. The van der Waals surface area contributed by atoms with Gasteiger partial charge in [0.25, 0.3) is 0 Å². The molecule has 4 heteroatoms. The molecule has 78 valence electrons. The van der Waals surface area contributed by atoms with Gasteiger partial charge in [-0.15, -0.1) is 0 Å². The number of hydrogen-bond donors (Lipinski definition) is 1. The van der Waals surface area contributed by atoms with Crippen LogP contribution in [-0.2, 0) is 0 Å². The van der Waals surface area contributed by atoms with Crippen molar-refractivity contribution in [2.75, 3.05) is 0 Å². The van der Waals surface area contributed by atoms with Crippen molar-refractivity contribution in [3.8, 4) is 0 Å². The summed E-state index contributed by atoms with van der Waals surface area (Å²) in [5.41, 5.74) is 0.559. The van der Waals surface area contributed by atoms with E-state index in [4.69, 9.17) is 0 Å². The molecule has 1 heterocycles.